The van der Waals surface area contributed by atoms with Crippen molar-refractivity contribution in [2.24, 2.45) is 5.92 Å². The van der Waals surface area contributed by atoms with E-state index in [4.69, 9.17) is 4.74 Å². The Kier molecular flexibility index (Phi) is 5.88. The summed E-state index contributed by atoms with van der Waals surface area (Å²) in [5.41, 5.74) is 0.639. The van der Waals surface area contributed by atoms with Gasteiger partial charge in [0.1, 0.15) is 0 Å². The summed E-state index contributed by atoms with van der Waals surface area (Å²) in [6, 6.07) is 0.689. The van der Waals surface area contributed by atoms with E-state index in [-0.39, 0.29) is 0 Å². The first-order valence-electron chi connectivity index (χ1n) is 8.63. The minimum Gasteiger partial charge on any atom is -0.379 e. The summed E-state index contributed by atoms with van der Waals surface area (Å²) < 4.78 is 5.21. The van der Waals surface area contributed by atoms with Crippen molar-refractivity contribution in [1.82, 2.24) is 9.80 Å². The number of fused-ring (bicyclic) bond motifs is 1. The molecule has 0 aromatic rings. The van der Waals surface area contributed by atoms with E-state index in [1.165, 1.54) is 38.8 Å². The first kappa shape index (κ1) is 16.3. The molecule has 0 radical (unpaired) electrons. The second kappa shape index (κ2) is 7.24. The molecular formula is C17H34N2O. The fraction of sp³-hybridized carbons (Fsp3) is 1.00. The van der Waals surface area contributed by atoms with E-state index < -0.39 is 0 Å². The molecule has 3 saturated heterocycles. The third-order valence-corrected chi connectivity index (χ3v) is 5.56. The largest absolute Gasteiger partial charge is 0.379 e. The number of hydrogen-bond donors (Lipinski definition) is 0. The zero-order chi connectivity index (χ0) is 14.6. The van der Waals surface area contributed by atoms with Gasteiger partial charge < -0.3 is 4.74 Å². The highest BCUT2D eigenvalue weighted by molar-refractivity contribution is 5.01. The van der Waals surface area contributed by atoms with E-state index in [0.717, 1.165) is 32.2 Å². The molecule has 0 bridgehead atoms. The first-order valence-corrected chi connectivity index (χ1v) is 8.63. The van der Waals surface area contributed by atoms with Crippen molar-refractivity contribution in [3.05, 3.63) is 0 Å². The van der Waals surface area contributed by atoms with Crippen molar-refractivity contribution >= 4 is 0 Å². The predicted octanol–water partition coefficient (Wildman–Crippen LogP) is 3.00. The van der Waals surface area contributed by atoms with Crippen LogP contribution in [0.4, 0.5) is 0 Å². The van der Waals surface area contributed by atoms with Gasteiger partial charge in [-0.15, -0.1) is 0 Å². The van der Waals surface area contributed by atoms with Gasteiger partial charge in [0.2, 0.25) is 0 Å². The topological polar surface area (TPSA) is 15.7 Å². The predicted molar refractivity (Wildman–Crippen MR) is 85.1 cm³/mol. The summed E-state index contributed by atoms with van der Waals surface area (Å²) in [6.45, 7) is 16.0. The van der Waals surface area contributed by atoms with Crippen molar-refractivity contribution in [2.45, 2.75) is 65.0 Å². The Morgan fingerprint density at radius 2 is 1.40 bits per heavy atom. The molecular weight excluding hydrogens is 248 g/mol. The van der Waals surface area contributed by atoms with Gasteiger partial charge in [-0.1, -0.05) is 13.8 Å². The summed E-state index contributed by atoms with van der Waals surface area (Å²) in [4.78, 5) is 5.17. The van der Waals surface area contributed by atoms with Crippen LogP contribution < -0.4 is 0 Å². The monoisotopic (exact) mass is 282 g/mol. The maximum Gasteiger partial charge on any atom is 0.0594 e. The Morgan fingerprint density at radius 1 is 0.850 bits per heavy atom. The molecule has 20 heavy (non-hydrogen) atoms. The van der Waals surface area contributed by atoms with Crippen LogP contribution in [0.5, 0.6) is 0 Å². The van der Waals surface area contributed by atoms with Gasteiger partial charge in [-0.2, -0.15) is 0 Å². The number of hydrogen-bond acceptors (Lipinski definition) is 3. The molecule has 0 saturated carbocycles. The number of ether oxygens (including phenoxy) is 1. The molecule has 3 heterocycles. The standard InChI is InChI=1S/C10H19N.C7H15NO/c1-9(2)10-5-3-7-11(10)8-4-6-10;1-7(2)8-3-5-9-6-4-8/h9H,3-8H2,1-2H3;7H,3-6H2,1-2H3. The molecule has 0 atom stereocenters. The second-order valence-electron chi connectivity index (χ2n) is 7.19. The number of rotatable bonds is 2. The molecule has 3 rings (SSSR count). The fourth-order valence-electron chi connectivity index (χ4n) is 4.19. The normalized spacial score (nSPS) is 26.7. The van der Waals surface area contributed by atoms with Gasteiger partial charge in [0.15, 0.2) is 0 Å². The molecule has 3 aliphatic heterocycles. The first-order chi connectivity index (χ1) is 9.56. The van der Waals surface area contributed by atoms with Crippen LogP contribution in [0.25, 0.3) is 0 Å². The SMILES string of the molecule is CC(C)C12CCCN1CCC2.CC(C)N1CCOCC1. The summed E-state index contributed by atoms with van der Waals surface area (Å²) in [6.07, 6.45) is 5.81. The lowest BCUT2D eigenvalue weighted by atomic mass is 9.83. The van der Waals surface area contributed by atoms with Crippen LogP contribution in [0.2, 0.25) is 0 Å². The van der Waals surface area contributed by atoms with Crippen molar-refractivity contribution in [2.75, 3.05) is 39.4 Å². The Hall–Kier alpha value is -0.120. The van der Waals surface area contributed by atoms with E-state index in [9.17, 15) is 0 Å². The zero-order valence-corrected chi connectivity index (χ0v) is 14.0. The highest BCUT2D eigenvalue weighted by Gasteiger charge is 2.45. The Balaban J connectivity index is 0.000000151. The van der Waals surface area contributed by atoms with Crippen LogP contribution in [-0.4, -0.2) is 60.8 Å². The molecule has 118 valence electrons. The van der Waals surface area contributed by atoms with Crippen molar-refractivity contribution in [3.8, 4) is 0 Å². The highest BCUT2D eigenvalue weighted by Crippen LogP contribution is 2.43. The van der Waals surface area contributed by atoms with Crippen LogP contribution in [-0.2, 0) is 4.74 Å². The van der Waals surface area contributed by atoms with Gasteiger partial charge in [-0.25, -0.2) is 0 Å². The minimum absolute atomic E-state index is 0.639. The second-order valence-corrected chi connectivity index (χ2v) is 7.19. The van der Waals surface area contributed by atoms with Crippen molar-refractivity contribution < 1.29 is 4.74 Å². The number of nitrogens with zero attached hydrogens (tertiary/aromatic N) is 2. The van der Waals surface area contributed by atoms with Gasteiger partial charge >= 0.3 is 0 Å². The molecule has 0 amide bonds. The van der Waals surface area contributed by atoms with Crippen LogP contribution in [0.15, 0.2) is 0 Å². The Labute approximate surface area is 125 Å². The van der Waals surface area contributed by atoms with Gasteiger partial charge in [0.25, 0.3) is 0 Å². The van der Waals surface area contributed by atoms with Gasteiger partial charge in [-0.3, -0.25) is 9.80 Å². The summed E-state index contributed by atoms with van der Waals surface area (Å²) in [5, 5.41) is 0. The van der Waals surface area contributed by atoms with E-state index in [2.05, 4.69) is 37.5 Å². The molecule has 0 aliphatic carbocycles. The lowest BCUT2D eigenvalue weighted by Gasteiger charge is -2.36. The quantitative estimate of drug-likeness (QED) is 0.774. The van der Waals surface area contributed by atoms with Gasteiger partial charge in [0.05, 0.1) is 13.2 Å². The molecule has 0 unspecified atom stereocenters. The summed E-state index contributed by atoms with van der Waals surface area (Å²) in [5.74, 6) is 0.868. The molecule has 0 spiro atoms. The molecule has 3 nitrogen and oxygen atoms in total. The number of morpholine rings is 1. The molecule has 3 fully saturated rings. The fourth-order valence-corrected chi connectivity index (χ4v) is 4.19. The van der Waals surface area contributed by atoms with E-state index >= 15 is 0 Å². The third-order valence-electron chi connectivity index (χ3n) is 5.56. The third kappa shape index (κ3) is 3.55. The Bertz CT molecular complexity index is 275. The molecule has 3 aliphatic rings. The van der Waals surface area contributed by atoms with Crippen LogP contribution >= 0.6 is 0 Å². The molecule has 0 aromatic heterocycles. The summed E-state index contributed by atoms with van der Waals surface area (Å²) >= 11 is 0. The van der Waals surface area contributed by atoms with Crippen LogP contribution in [0.3, 0.4) is 0 Å². The van der Waals surface area contributed by atoms with Crippen molar-refractivity contribution in [1.29, 1.82) is 0 Å². The maximum absolute atomic E-state index is 5.21. The zero-order valence-electron chi connectivity index (χ0n) is 14.0. The smallest absolute Gasteiger partial charge is 0.0594 e. The molecule has 0 N–H and O–H groups in total. The highest BCUT2D eigenvalue weighted by atomic mass is 16.5. The lowest BCUT2D eigenvalue weighted by Crippen LogP contribution is -2.42. The van der Waals surface area contributed by atoms with Gasteiger partial charge in [-0.05, 0) is 58.5 Å². The van der Waals surface area contributed by atoms with Gasteiger partial charge in [0, 0.05) is 24.7 Å². The van der Waals surface area contributed by atoms with E-state index in [0.29, 0.717) is 11.6 Å². The van der Waals surface area contributed by atoms with E-state index in [1.807, 2.05) is 0 Å². The average Bonchev–Trinajstić information content (AvgIpc) is 3.00. The minimum atomic E-state index is 0.639. The van der Waals surface area contributed by atoms with Crippen LogP contribution in [0.1, 0.15) is 53.4 Å². The van der Waals surface area contributed by atoms with E-state index in [1.54, 1.807) is 0 Å². The average molecular weight is 282 g/mol. The van der Waals surface area contributed by atoms with Crippen LogP contribution in [0, 0.1) is 5.92 Å². The van der Waals surface area contributed by atoms with Crippen molar-refractivity contribution in [3.63, 3.8) is 0 Å². The molecule has 3 heteroatoms. The molecule has 0 aromatic carbocycles. The maximum atomic E-state index is 5.21. The Morgan fingerprint density at radius 3 is 1.75 bits per heavy atom. The summed E-state index contributed by atoms with van der Waals surface area (Å²) in [7, 11) is 0. The lowest BCUT2D eigenvalue weighted by molar-refractivity contribution is 0.0238.